The van der Waals surface area contributed by atoms with Crippen LogP contribution in [0.25, 0.3) is 0 Å². The number of anilines is 2. The summed E-state index contributed by atoms with van der Waals surface area (Å²) >= 11 is 13.7. The summed E-state index contributed by atoms with van der Waals surface area (Å²) in [7, 11) is 0. The highest BCUT2D eigenvalue weighted by Gasteiger charge is 2.15. The zero-order chi connectivity index (χ0) is 19.4. The van der Waals surface area contributed by atoms with Gasteiger partial charge in [0.15, 0.2) is 0 Å². The zero-order valence-electron chi connectivity index (χ0n) is 15.7. The predicted molar refractivity (Wildman–Crippen MR) is 122 cm³/mol. The molecule has 1 fully saturated rings. The number of piperidine rings is 1. The van der Waals surface area contributed by atoms with Crippen LogP contribution in [0.2, 0.25) is 5.02 Å². The van der Waals surface area contributed by atoms with E-state index in [9.17, 15) is 0 Å². The van der Waals surface area contributed by atoms with Gasteiger partial charge in [0.25, 0.3) is 0 Å². The Hall–Kier alpha value is -0.910. The van der Waals surface area contributed by atoms with E-state index >= 15 is 0 Å². The highest BCUT2D eigenvalue weighted by atomic mass is 79.9. The van der Waals surface area contributed by atoms with E-state index in [1.165, 1.54) is 19.3 Å². The molecular formula is C21H25Br2ClN2O. The maximum atomic E-state index is 6.57. The number of hydrogen-bond donors (Lipinski definition) is 1. The van der Waals surface area contributed by atoms with Gasteiger partial charge in [0.1, 0.15) is 5.75 Å². The quantitative estimate of drug-likeness (QED) is 0.438. The summed E-state index contributed by atoms with van der Waals surface area (Å²) in [6.45, 7) is 6.90. The lowest BCUT2D eigenvalue weighted by Gasteiger charge is -2.29. The number of benzene rings is 2. The molecule has 0 bridgehead atoms. The fraction of sp³-hybridized carbons (Fsp3) is 0.429. The van der Waals surface area contributed by atoms with Crippen LogP contribution in [0.1, 0.15) is 38.7 Å². The molecular weight excluding hydrogens is 492 g/mol. The van der Waals surface area contributed by atoms with Crippen LogP contribution in [0.3, 0.4) is 0 Å². The fourth-order valence-electron chi connectivity index (χ4n) is 3.32. The Balaban J connectivity index is 1.74. The van der Waals surface area contributed by atoms with E-state index in [4.69, 9.17) is 16.3 Å². The van der Waals surface area contributed by atoms with Gasteiger partial charge in [-0.05, 0) is 79.4 Å². The molecule has 1 aliphatic heterocycles. The Morgan fingerprint density at radius 1 is 1.11 bits per heavy atom. The van der Waals surface area contributed by atoms with Crippen LogP contribution < -0.4 is 15.0 Å². The van der Waals surface area contributed by atoms with Gasteiger partial charge in [-0.15, -0.1) is 0 Å². The highest BCUT2D eigenvalue weighted by molar-refractivity contribution is 9.11. The van der Waals surface area contributed by atoms with E-state index in [0.717, 1.165) is 49.7 Å². The SMILES string of the molecule is CC(C)Oc1c(Br)cc(Br)cc1CNc1ccc(N2CCCCC2)c(Cl)c1. The maximum absolute atomic E-state index is 6.57. The minimum Gasteiger partial charge on any atom is -0.489 e. The number of nitrogens with zero attached hydrogens (tertiary/aromatic N) is 1. The second-order valence-corrected chi connectivity index (χ2v) is 9.29. The Bertz CT molecular complexity index is 792. The molecule has 3 rings (SSSR count). The Morgan fingerprint density at radius 2 is 1.85 bits per heavy atom. The number of rotatable bonds is 6. The maximum Gasteiger partial charge on any atom is 0.138 e. The van der Waals surface area contributed by atoms with E-state index in [-0.39, 0.29) is 6.10 Å². The molecule has 0 amide bonds. The normalized spacial score (nSPS) is 14.5. The molecule has 0 aliphatic carbocycles. The van der Waals surface area contributed by atoms with E-state index in [2.05, 4.69) is 60.3 Å². The van der Waals surface area contributed by atoms with Gasteiger partial charge in [0, 0.05) is 35.4 Å². The summed E-state index contributed by atoms with van der Waals surface area (Å²) in [4.78, 5) is 2.38. The summed E-state index contributed by atoms with van der Waals surface area (Å²) in [6, 6.07) is 10.3. The molecule has 0 saturated carbocycles. The predicted octanol–water partition coefficient (Wildman–Crippen LogP) is 7.25. The molecule has 0 radical (unpaired) electrons. The summed E-state index contributed by atoms with van der Waals surface area (Å²) in [5.74, 6) is 0.872. The van der Waals surface area contributed by atoms with Crippen LogP contribution >= 0.6 is 43.5 Å². The van der Waals surface area contributed by atoms with Crippen LogP contribution in [0.4, 0.5) is 11.4 Å². The van der Waals surface area contributed by atoms with Gasteiger partial charge in [-0.1, -0.05) is 27.5 Å². The topological polar surface area (TPSA) is 24.5 Å². The van der Waals surface area contributed by atoms with Crippen molar-refractivity contribution in [3.63, 3.8) is 0 Å². The van der Waals surface area contributed by atoms with Crippen molar-refractivity contribution in [2.24, 2.45) is 0 Å². The summed E-state index contributed by atoms with van der Waals surface area (Å²) < 4.78 is 7.96. The summed E-state index contributed by atoms with van der Waals surface area (Å²) in [5, 5.41) is 4.28. The van der Waals surface area contributed by atoms with Crippen LogP contribution in [-0.4, -0.2) is 19.2 Å². The van der Waals surface area contributed by atoms with Gasteiger partial charge in [0.2, 0.25) is 0 Å². The van der Waals surface area contributed by atoms with Gasteiger partial charge in [0.05, 0.1) is 21.3 Å². The second kappa shape index (κ2) is 9.53. The average Bonchev–Trinajstić information content (AvgIpc) is 2.63. The lowest BCUT2D eigenvalue weighted by atomic mass is 10.1. The van der Waals surface area contributed by atoms with Crippen molar-refractivity contribution in [3.05, 3.63) is 49.9 Å². The third-order valence-electron chi connectivity index (χ3n) is 4.57. The molecule has 146 valence electrons. The van der Waals surface area contributed by atoms with Crippen molar-refractivity contribution in [3.8, 4) is 5.75 Å². The molecule has 1 heterocycles. The third kappa shape index (κ3) is 5.55. The van der Waals surface area contributed by atoms with Crippen LogP contribution in [-0.2, 0) is 6.54 Å². The first-order valence-corrected chi connectivity index (χ1v) is 11.3. The van der Waals surface area contributed by atoms with Crippen molar-refractivity contribution in [2.75, 3.05) is 23.3 Å². The first kappa shape index (κ1) is 20.8. The molecule has 6 heteroatoms. The molecule has 0 spiro atoms. The molecule has 0 unspecified atom stereocenters. The molecule has 1 aliphatic rings. The van der Waals surface area contributed by atoms with Crippen LogP contribution in [0, 0.1) is 0 Å². The Labute approximate surface area is 183 Å². The van der Waals surface area contributed by atoms with Gasteiger partial charge >= 0.3 is 0 Å². The lowest BCUT2D eigenvalue weighted by Crippen LogP contribution is -2.29. The molecule has 3 nitrogen and oxygen atoms in total. The van der Waals surface area contributed by atoms with Gasteiger partial charge in [-0.3, -0.25) is 0 Å². The number of ether oxygens (including phenoxy) is 1. The third-order valence-corrected chi connectivity index (χ3v) is 5.92. The van der Waals surface area contributed by atoms with Gasteiger partial charge < -0.3 is 15.0 Å². The van der Waals surface area contributed by atoms with E-state index in [1.807, 2.05) is 26.0 Å². The number of halogens is 3. The molecule has 2 aromatic carbocycles. The van der Waals surface area contributed by atoms with Crippen molar-refractivity contribution in [1.29, 1.82) is 0 Å². The van der Waals surface area contributed by atoms with E-state index in [0.29, 0.717) is 6.54 Å². The largest absolute Gasteiger partial charge is 0.489 e. The van der Waals surface area contributed by atoms with Gasteiger partial charge in [-0.2, -0.15) is 0 Å². The minimum absolute atomic E-state index is 0.111. The summed E-state index contributed by atoms with van der Waals surface area (Å²) in [6.07, 6.45) is 3.91. The minimum atomic E-state index is 0.111. The lowest BCUT2D eigenvalue weighted by molar-refractivity contribution is 0.238. The van der Waals surface area contributed by atoms with Crippen molar-refractivity contribution >= 4 is 54.8 Å². The van der Waals surface area contributed by atoms with Crippen molar-refractivity contribution < 1.29 is 4.74 Å². The fourth-order valence-corrected chi connectivity index (χ4v) is 5.03. The zero-order valence-corrected chi connectivity index (χ0v) is 19.6. The van der Waals surface area contributed by atoms with Crippen LogP contribution in [0.5, 0.6) is 5.75 Å². The van der Waals surface area contributed by atoms with Gasteiger partial charge in [-0.25, -0.2) is 0 Å². The molecule has 0 aromatic heterocycles. The second-order valence-electron chi connectivity index (χ2n) is 7.11. The molecule has 27 heavy (non-hydrogen) atoms. The van der Waals surface area contributed by atoms with Crippen molar-refractivity contribution in [1.82, 2.24) is 0 Å². The standard InChI is InChI=1S/C21H25Br2ClN2O/c1-14(2)27-21-15(10-16(22)11-18(21)23)13-25-17-6-7-20(19(24)12-17)26-8-4-3-5-9-26/h6-7,10-12,14,25H,3-5,8-9,13H2,1-2H3. The van der Waals surface area contributed by atoms with E-state index in [1.54, 1.807) is 0 Å². The molecule has 1 saturated heterocycles. The smallest absolute Gasteiger partial charge is 0.138 e. The summed E-state index contributed by atoms with van der Waals surface area (Å²) in [5.41, 5.74) is 3.23. The van der Waals surface area contributed by atoms with Crippen molar-refractivity contribution in [2.45, 2.75) is 45.8 Å². The molecule has 2 aromatic rings. The highest BCUT2D eigenvalue weighted by Crippen LogP contribution is 2.35. The van der Waals surface area contributed by atoms with Crippen LogP contribution in [0.15, 0.2) is 39.3 Å². The Morgan fingerprint density at radius 3 is 2.52 bits per heavy atom. The number of nitrogens with one attached hydrogen (secondary N) is 1. The van der Waals surface area contributed by atoms with E-state index < -0.39 is 0 Å². The first-order chi connectivity index (χ1) is 12.9. The Kier molecular flexibility index (Phi) is 7.35. The first-order valence-electron chi connectivity index (χ1n) is 9.37. The monoisotopic (exact) mass is 514 g/mol. The average molecular weight is 517 g/mol. The molecule has 1 N–H and O–H groups in total. The number of hydrogen-bond acceptors (Lipinski definition) is 3. The molecule has 0 atom stereocenters.